The van der Waals surface area contributed by atoms with Crippen LogP contribution in [0.1, 0.15) is 38.1 Å². The van der Waals surface area contributed by atoms with E-state index in [0.29, 0.717) is 5.56 Å². The van der Waals surface area contributed by atoms with Gasteiger partial charge in [-0.3, -0.25) is 4.79 Å². The molecule has 4 rings (SSSR count). The zero-order chi connectivity index (χ0) is 25.1. The number of carbonyl (C=O) groups is 2. The van der Waals surface area contributed by atoms with Crippen molar-refractivity contribution >= 4 is 30.6 Å². The third-order valence-electron chi connectivity index (χ3n) is 6.63. The summed E-state index contributed by atoms with van der Waals surface area (Å²) < 4.78 is 18.4. The Hall–Kier alpha value is -3.22. The second kappa shape index (κ2) is 10.2. The van der Waals surface area contributed by atoms with E-state index in [-0.39, 0.29) is 17.6 Å². The van der Waals surface area contributed by atoms with Gasteiger partial charge >= 0.3 is 11.9 Å². The molecule has 1 aliphatic heterocycles. The molecule has 3 atom stereocenters. The molecule has 0 N–H and O–H groups in total. The van der Waals surface area contributed by atoms with Gasteiger partial charge in [0.05, 0.1) is 18.1 Å². The highest BCUT2D eigenvalue weighted by Gasteiger charge is 2.52. The molecular formula is C29H32O5Si. The Labute approximate surface area is 208 Å². The minimum absolute atomic E-state index is 0.135. The predicted molar refractivity (Wildman–Crippen MR) is 138 cm³/mol. The van der Waals surface area contributed by atoms with E-state index >= 15 is 0 Å². The largest absolute Gasteiger partial charge is 0.456 e. The molecule has 0 aromatic heterocycles. The van der Waals surface area contributed by atoms with Crippen molar-refractivity contribution in [3.63, 3.8) is 0 Å². The number of ether oxygens (including phenoxy) is 2. The molecule has 182 valence electrons. The van der Waals surface area contributed by atoms with Crippen molar-refractivity contribution in [1.82, 2.24) is 0 Å². The molecule has 1 aliphatic rings. The number of hydrogen-bond acceptors (Lipinski definition) is 5. The Morgan fingerprint density at radius 2 is 1.34 bits per heavy atom. The molecule has 35 heavy (non-hydrogen) atoms. The molecule has 0 unspecified atom stereocenters. The maximum absolute atomic E-state index is 12.8. The average Bonchev–Trinajstić information content (AvgIpc) is 3.13. The van der Waals surface area contributed by atoms with Gasteiger partial charge in [-0.05, 0) is 34.5 Å². The summed E-state index contributed by atoms with van der Waals surface area (Å²) in [5.41, 5.74) is 0.436. The van der Waals surface area contributed by atoms with Gasteiger partial charge in [-0.25, -0.2) is 4.79 Å². The summed E-state index contributed by atoms with van der Waals surface area (Å²) in [5.74, 6) is -1.43. The van der Waals surface area contributed by atoms with Crippen LogP contribution in [0.3, 0.4) is 0 Å². The van der Waals surface area contributed by atoms with Crippen LogP contribution in [0, 0.1) is 5.92 Å². The smallest absolute Gasteiger partial charge is 0.338 e. The lowest BCUT2D eigenvalue weighted by Gasteiger charge is -2.43. The van der Waals surface area contributed by atoms with Crippen LogP contribution in [-0.4, -0.2) is 39.1 Å². The first-order valence-electron chi connectivity index (χ1n) is 12.0. The van der Waals surface area contributed by atoms with E-state index in [9.17, 15) is 9.59 Å². The van der Waals surface area contributed by atoms with Crippen molar-refractivity contribution in [2.75, 3.05) is 6.61 Å². The van der Waals surface area contributed by atoms with Crippen molar-refractivity contribution in [1.29, 1.82) is 0 Å². The lowest BCUT2D eigenvalue weighted by Crippen LogP contribution is -2.67. The molecule has 0 radical (unpaired) electrons. The highest BCUT2D eigenvalue weighted by molar-refractivity contribution is 6.99. The lowest BCUT2D eigenvalue weighted by atomic mass is 10.0. The maximum atomic E-state index is 12.8. The zero-order valence-corrected chi connectivity index (χ0v) is 21.6. The van der Waals surface area contributed by atoms with Gasteiger partial charge in [-0.1, -0.05) is 99.6 Å². The molecule has 5 nitrogen and oxygen atoms in total. The third kappa shape index (κ3) is 4.95. The molecule has 0 bridgehead atoms. The number of cyclic esters (lactones) is 1. The molecule has 1 saturated heterocycles. The summed E-state index contributed by atoms with van der Waals surface area (Å²) in [7, 11) is -2.83. The van der Waals surface area contributed by atoms with Crippen LogP contribution in [0.25, 0.3) is 0 Å². The highest BCUT2D eigenvalue weighted by Crippen LogP contribution is 2.37. The summed E-state index contributed by atoms with van der Waals surface area (Å²) in [6.07, 6.45) is -1.42. The van der Waals surface area contributed by atoms with Gasteiger partial charge in [0.2, 0.25) is 0 Å². The maximum Gasteiger partial charge on any atom is 0.338 e. The van der Waals surface area contributed by atoms with Crippen LogP contribution >= 0.6 is 0 Å². The van der Waals surface area contributed by atoms with Crippen LogP contribution in [-0.2, 0) is 18.7 Å². The van der Waals surface area contributed by atoms with Gasteiger partial charge < -0.3 is 13.9 Å². The van der Waals surface area contributed by atoms with Crippen molar-refractivity contribution in [2.24, 2.45) is 5.92 Å². The van der Waals surface area contributed by atoms with Crippen molar-refractivity contribution in [3.05, 3.63) is 96.6 Å². The van der Waals surface area contributed by atoms with E-state index in [1.165, 1.54) is 0 Å². The molecule has 0 saturated carbocycles. The second-order valence-corrected chi connectivity index (χ2v) is 14.3. The first kappa shape index (κ1) is 24.9. The lowest BCUT2D eigenvalue weighted by molar-refractivity contribution is -0.145. The monoisotopic (exact) mass is 488 g/mol. The fraction of sp³-hybridized carbons (Fsp3) is 0.310. The fourth-order valence-corrected chi connectivity index (χ4v) is 9.39. The molecule has 0 spiro atoms. The number of esters is 2. The molecule has 1 heterocycles. The summed E-state index contributed by atoms with van der Waals surface area (Å²) in [6.45, 7) is 8.43. The van der Waals surface area contributed by atoms with E-state index in [1.54, 1.807) is 31.2 Å². The van der Waals surface area contributed by atoms with Gasteiger partial charge in [0, 0.05) is 0 Å². The quantitative estimate of drug-likeness (QED) is 0.366. The van der Waals surface area contributed by atoms with Crippen LogP contribution in [0.4, 0.5) is 0 Å². The Kier molecular flexibility index (Phi) is 7.24. The first-order chi connectivity index (χ1) is 16.7. The van der Waals surface area contributed by atoms with Gasteiger partial charge in [-0.15, -0.1) is 0 Å². The van der Waals surface area contributed by atoms with Gasteiger partial charge in [0.25, 0.3) is 8.32 Å². The van der Waals surface area contributed by atoms with Crippen molar-refractivity contribution in [2.45, 2.75) is 44.9 Å². The number of benzene rings is 3. The summed E-state index contributed by atoms with van der Waals surface area (Å²) in [6, 6.07) is 29.3. The SMILES string of the molecule is C[C@H]1C(=O)O[C@H](CO[Si](c2ccccc2)(c2ccccc2)C(C)(C)C)[C@H]1OC(=O)c1ccccc1. The molecule has 1 fully saturated rings. The van der Waals surface area contributed by atoms with Gasteiger partial charge in [0.1, 0.15) is 0 Å². The average molecular weight is 489 g/mol. The van der Waals surface area contributed by atoms with E-state index in [4.69, 9.17) is 13.9 Å². The van der Waals surface area contributed by atoms with Crippen molar-refractivity contribution in [3.8, 4) is 0 Å². The topological polar surface area (TPSA) is 61.8 Å². The Balaban J connectivity index is 1.66. The Morgan fingerprint density at radius 1 is 0.857 bits per heavy atom. The van der Waals surface area contributed by atoms with Crippen molar-refractivity contribution < 1.29 is 23.5 Å². The predicted octanol–water partition coefficient (Wildman–Crippen LogP) is 4.35. The van der Waals surface area contributed by atoms with Gasteiger partial charge in [0.15, 0.2) is 12.2 Å². The number of hydrogen-bond donors (Lipinski definition) is 0. The van der Waals surface area contributed by atoms with Crippen LogP contribution in [0.2, 0.25) is 5.04 Å². The van der Waals surface area contributed by atoms with E-state index in [1.807, 2.05) is 42.5 Å². The molecule has 3 aromatic carbocycles. The molecule has 0 aliphatic carbocycles. The molecule has 3 aromatic rings. The van der Waals surface area contributed by atoms with Crippen LogP contribution in [0.5, 0.6) is 0 Å². The highest BCUT2D eigenvalue weighted by atomic mass is 28.4. The molecule has 0 amide bonds. The summed E-state index contributed by atoms with van der Waals surface area (Å²) in [5, 5.41) is 2.04. The van der Waals surface area contributed by atoms with Crippen LogP contribution in [0.15, 0.2) is 91.0 Å². The molecular weight excluding hydrogens is 456 g/mol. The van der Waals surface area contributed by atoms with Crippen LogP contribution < -0.4 is 10.4 Å². The normalized spacial score (nSPS) is 20.3. The Bertz CT molecular complexity index is 1100. The van der Waals surface area contributed by atoms with E-state index < -0.39 is 32.4 Å². The zero-order valence-electron chi connectivity index (χ0n) is 20.6. The third-order valence-corrected chi connectivity index (χ3v) is 11.6. The van der Waals surface area contributed by atoms with Gasteiger partial charge in [-0.2, -0.15) is 0 Å². The molecule has 6 heteroatoms. The van der Waals surface area contributed by atoms with E-state index in [0.717, 1.165) is 10.4 Å². The standard InChI is InChI=1S/C29H32O5Si/c1-21-26(34-28(31)22-14-8-5-9-15-22)25(33-27(21)30)20-32-35(29(2,3)4,23-16-10-6-11-17-23)24-18-12-7-13-19-24/h5-19,21,25-26H,20H2,1-4H3/t21-,25-,26+/m1/s1. The fourth-order valence-electron chi connectivity index (χ4n) is 4.82. The first-order valence-corrected chi connectivity index (χ1v) is 13.9. The van der Waals surface area contributed by atoms with E-state index in [2.05, 4.69) is 45.0 Å². The minimum atomic E-state index is -2.83. The second-order valence-electron chi connectivity index (χ2n) is 9.97. The minimum Gasteiger partial charge on any atom is -0.456 e. The summed E-state index contributed by atoms with van der Waals surface area (Å²) in [4.78, 5) is 25.3. The summed E-state index contributed by atoms with van der Waals surface area (Å²) >= 11 is 0. The number of carbonyl (C=O) groups excluding carboxylic acids is 2. The number of rotatable bonds is 7. The Morgan fingerprint density at radius 3 is 1.83 bits per heavy atom.